The third-order valence-electron chi connectivity index (χ3n) is 5.37. The third-order valence-corrected chi connectivity index (χ3v) is 6.97. The van der Waals surface area contributed by atoms with Gasteiger partial charge in [0.25, 0.3) is 5.69 Å². The van der Waals surface area contributed by atoms with Crippen molar-refractivity contribution in [3.8, 4) is 11.5 Å². The van der Waals surface area contributed by atoms with E-state index in [2.05, 4.69) is 5.09 Å². The molecule has 1 aliphatic rings. The number of ether oxygens (including phenoxy) is 1. The van der Waals surface area contributed by atoms with Crippen LogP contribution in [0.25, 0.3) is 0 Å². The van der Waals surface area contributed by atoms with Gasteiger partial charge in [-0.2, -0.15) is 18.3 Å². The first-order valence-corrected chi connectivity index (χ1v) is 12.3. The second kappa shape index (κ2) is 11.1. The van der Waals surface area contributed by atoms with E-state index < -0.39 is 42.9 Å². The van der Waals surface area contributed by atoms with Crippen LogP contribution in [0.4, 0.5) is 18.9 Å². The Morgan fingerprint density at radius 3 is 2.09 bits per heavy atom. The molecule has 1 unspecified atom stereocenters. The monoisotopic (exact) mass is 516 g/mol. The number of nitrogens with zero attached hydrogens (tertiary/aromatic N) is 1. The first kappa shape index (κ1) is 26.5. The second-order valence-electron chi connectivity index (χ2n) is 8.05. The molecule has 1 saturated carbocycles. The molecule has 13 heteroatoms. The highest BCUT2D eigenvalue weighted by Crippen LogP contribution is 2.45. The molecule has 9 nitrogen and oxygen atoms in total. The summed E-state index contributed by atoms with van der Waals surface area (Å²) in [7, 11) is -4.27. The van der Waals surface area contributed by atoms with Crippen molar-refractivity contribution in [1.82, 2.24) is 5.09 Å². The number of carbonyl (C=O) groups is 1. The standard InChI is InChI=1S/C22H24F3N2O7P/c1-15(21(28)32-18-11-7-16(8-12-18)22(23,24)25)26-35(31,33-19-5-3-2-4-6-19)34-20-13-9-17(10-14-20)27(29)30/h2-6,9-10,13-16,18H,7-8,11-12H2,1H3,(H,26,31)/t15-,16-,18-,35?/m0/s1. The lowest BCUT2D eigenvalue weighted by atomic mass is 9.87. The SMILES string of the molecule is C[C@H](NP(=O)(Oc1ccccc1)Oc1ccc([N+](=O)[O-])cc1)C(=O)O[C@H]1CC[C@H](C(F)(F)F)CC1. The van der Waals surface area contributed by atoms with E-state index in [0.717, 1.165) is 12.1 Å². The molecular weight excluding hydrogens is 492 g/mol. The number of benzene rings is 2. The van der Waals surface area contributed by atoms with Crippen molar-refractivity contribution >= 4 is 19.4 Å². The fraction of sp³-hybridized carbons (Fsp3) is 0.409. The van der Waals surface area contributed by atoms with Crippen molar-refractivity contribution in [2.75, 3.05) is 0 Å². The second-order valence-corrected chi connectivity index (χ2v) is 9.67. The molecule has 0 amide bonds. The fourth-order valence-electron chi connectivity index (χ4n) is 3.52. The molecule has 0 bridgehead atoms. The van der Waals surface area contributed by atoms with E-state index in [1.165, 1.54) is 31.2 Å². The number of carbonyl (C=O) groups excluding carboxylic acids is 1. The minimum absolute atomic E-state index is 0.0200. The van der Waals surface area contributed by atoms with E-state index in [4.69, 9.17) is 13.8 Å². The highest BCUT2D eigenvalue weighted by molar-refractivity contribution is 7.52. The lowest BCUT2D eigenvalue weighted by Crippen LogP contribution is -2.39. The smallest absolute Gasteiger partial charge is 0.461 e. The predicted octanol–water partition coefficient (Wildman–Crippen LogP) is 5.80. The first-order chi connectivity index (χ1) is 16.4. The Kier molecular flexibility index (Phi) is 8.39. The van der Waals surface area contributed by atoms with E-state index in [0.29, 0.717) is 0 Å². The molecule has 2 aromatic carbocycles. The zero-order chi connectivity index (χ0) is 25.6. The van der Waals surface area contributed by atoms with Crippen molar-refractivity contribution in [3.05, 3.63) is 64.7 Å². The van der Waals surface area contributed by atoms with Crippen LogP contribution in [-0.2, 0) is 14.1 Å². The molecule has 2 atom stereocenters. The Hall–Kier alpha value is -3.11. The van der Waals surface area contributed by atoms with Gasteiger partial charge in [-0.25, -0.2) is 4.57 Å². The summed E-state index contributed by atoms with van der Waals surface area (Å²) in [4.78, 5) is 22.8. The maximum Gasteiger partial charge on any atom is 0.513 e. The van der Waals surface area contributed by atoms with Gasteiger partial charge in [-0.1, -0.05) is 18.2 Å². The summed E-state index contributed by atoms with van der Waals surface area (Å²) in [6.45, 7) is 1.35. The number of esters is 1. The Morgan fingerprint density at radius 2 is 1.57 bits per heavy atom. The van der Waals surface area contributed by atoms with Gasteiger partial charge in [0.15, 0.2) is 0 Å². The number of halogens is 3. The molecule has 0 aromatic heterocycles. The first-order valence-electron chi connectivity index (χ1n) is 10.8. The minimum Gasteiger partial charge on any atom is -0.461 e. The highest BCUT2D eigenvalue weighted by Gasteiger charge is 2.42. The normalized spacial score (nSPS) is 20.8. The van der Waals surface area contributed by atoms with Gasteiger partial charge in [-0.3, -0.25) is 14.9 Å². The van der Waals surface area contributed by atoms with E-state index in [1.54, 1.807) is 18.2 Å². The fourth-order valence-corrected chi connectivity index (χ4v) is 5.04. The Morgan fingerprint density at radius 1 is 1.03 bits per heavy atom. The van der Waals surface area contributed by atoms with Gasteiger partial charge >= 0.3 is 19.9 Å². The van der Waals surface area contributed by atoms with E-state index in [1.807, 2.05) is 0 Å². The van der Waals surface area contributed by atoms with Crippen molar-refractivity contribution in [2.45, 2.75) is 50.9 Å². The summed E-state index contributed by atoms with van der Waals surface area (Å²) < 4.78 is 68.4. The summed E-state index contributed by atoms with van der Waals surface area (Å²) in [5.74, 6) is -2.10. The van der Waals surface area contributed by atoms with Crippen molar-refractivity contribution < 1.29 is 41.2 Å². The van der Waals surface area contributed by atoms with Crippen LogP contribution in [0, 0.1) is 16.0 Å². The van der Waals surface area contributed by atoms with Gasteiger partial charge in [0.1, 0.15) is 23.6 Å². The number of alkyl halides is 3. The predicted molar refractivity (Wildman–Crippen MR) is 119 cm³/mol. The number of nitro benzene ring substituents is 1. The molecule has 190 valence electrons. The van der Waals surface area contributed by atoms with E-state index >= 15 is 0 Å². The third kappa shape index (κ3) is 7.69. The van der Waals surface area contributed by atoms with E-state index in [9.17, 15) is 32.6 Å². The van der Waals surface area contributed by atoms with Crippen LogP contribution in [0.5, 0.6) is 11.5 Å². The average molecular weight is 516 g/mol. The summed E-state index contributed by atoms with van der Waals surface area (Å²) in [5.41, 5.74) is -0.207. The summed E-state index contributed by atoms with van der Waals surface area (Å²) >= 11 is 0. The van der Waals surface area contributed by atoms with Crippen LogP contribution < -0.4 is 14.1 Å². The lowest BCUT2D eigenvalue weighted by molar-refractivity contribution is -0.384. The molecular formula is C22H24F3N2O7P. The van der Waals surface area contributed by atoms with Crippen LogP contribution in [0.1, 0.15) is 32.6 Å². The Labute approximate surface area is 199 Å². The molecule has 0 spiro atoms. The zero-order valence-electron chi connectivity index (χ0n) is 18.6. The van der Waals surface area contributed by atoms with Crippen LogP contribution in [0.3, 0.4) is 0 Å². The lowest BCUT2D eigenvalue weighted by Gasteiger charge is -2.30. The molecule has 0 aliphatic heterocycles. The van der Waals surface area contributed by atoms with Gasteiger partial charge in [-0.15, -0.1) is 0 Å². The summed E-state index contributed by atoms with van der Waals surface area (Å²) in [5, 5.41) is 13.3. The van der Waals surface area contributed by atoms with Crippen LogP contribution in [0.2, 0.25) is 0 Å². The average Bonchev–Trinajstić information content (AvgIpc) is 2.79. The van der Waals surface area contributed by atoms with Crippen molar-refractivity contribution in [1.29, 1.82) is 0 Å². The molecule has 0 heterocycles. The number of nitro groups is 1. The largest absolute Gasteiger partial charge is 0.513 e. The molecule has 0 radical (unpaired) electrons. The number of rotatable bonds is 9. The molecule has 35 heavy (non-hydrogen) atoms. The maximum absolute atomic E-state index is 13.5. The van der Waals surface area contributed by atoms with Crippen molar-refractivity contribution in [3.63, 3.8) is 0 Å². The van der Waals surface area contributed by atoms with Crippen LogP contribution >= 0.6 is 7.75 Å². The molecule has 3 rings (SSSR count). The van der Waals surface area contributed by atoms with Gasteiger partial charge in [0.2, 0.25) is 0 Å². The van der Waals surface area contributed by atoms with Crippen LogP contribution in [0.15, 0.2) is 54.6 Å². The number of nitrogens with one attached hydrogen (secondary N) is 1. The molecule has 0 saturated heterocycles. The van der Waals surface area contributed by atoms with Gasteiger partial charge in [-0.05, 0) is 56.9 Å². The maximum atomic E-state index is 13.5. The highest BCUT2D eigenvalue weighted by atomic mass is 31.2. The number of non-ortho nitro benzene ring substituents is 1. The Bertz CT molecular complexity index is 1060. The number of hydrogen-bond donors (Lipinski definition) is 1. The molecule has 1 fully saturated rings. The van der Waals surface area contributed by atoms with Gasteiger partial charge in [0.05, 0.1) is 10.8 Å². The van der Waals surface area contributed by atoms with Gasteiger partial charge in [0, 0.05) is 12.1 Å². The molecule has 1 N–H and O–H groups in total. The number of para-hydroxylation sites is 1. The number of hydrogen-bond acceptors (Lipinski definition) is 7. The zero-order valence-corrected chi connectivity index (χ0v) is 19.5. The topological polar surface area (TPSA) is 117 Å². The Balaban J connectivity index is 1.67. The van der Waals surface area contributed by atoms with E-state index in [-0.39, 0.29) is 42.9 Å². The molecule has 1 aliphatic carbocycles. The quantitative estimate of drug-likeness (QED) is 0.192. The minimum atomic E-state index is -4.28. The van der Waals surface area contributed by atoms with Crippen LogP contribution in [-0.4, -0.2) is 29.2 Å². The summed E-state index contributed by atoms with van der Waals surface area (Å²) in [6, 6.07) is 11.5. The van der Waals surface area contributed by atoms with Crippen molar-refractivity contribution in [2.24, 2.45) is 5.92 Å². The summed E-state index contributed by atoms with van der Waals surface area (Å²) in [6.07, 6.45) is -5.10. The van der Waals surface area contributed by atoms with Gasteiger partial charge < -0.3 is 13.8 Å². The molecule has 2 aromatic rings.